The molecule has 1 atom stereocenters. The van der Waals surface area contributed by atoms with E-state index in [2.05, 4.69) is 40.7 Å². The highest BCUT2D eigenvalue weighted by molar-refractivity contribution is 5.86. The quantitative estimate of drug-likeness (QED) is 0.776. The topological polar surface area (TPSA) is 56.1 Å². The Morgan fingerprint density at radius 2 is 2.16 bits per heavy atom. The molecule has 0 amide bonds. The van der Waals surface area contributed by atoms with E-state index in [1.165, 1.54) is 0 Å². The number of anilines is 1. The number of morpholine rings is 1. The van der Waals surface area contributed by atoms with E-state index in [0.717, 1.165) is 29.9 Å². The molecule has 0 saturated carbocycles. The number of ether oxygens (including phenoxy) is 1. The fraction of sp³-hybridized carbons (Fsp3) is 0.615. The number of hydrogen-bond donors (Lipinski definition) is 0. The monoisotopic (exact) mass is 261 g/mol. The summed E-state index contributed by atoms with van der Waals surface area (Å²) in [6, 6.07) is 0. The van der Waals surface area contributed by atoms with Crippen LogP contribution in [0.25, 0.3) is 11.0 Å². The molecule has 0 spiro atoms. The second-order valence-corrected chi connectivity index (χ2v) is 5.77. The maximum absolute atomic E-state index is 5.94. The van der Waals surface area contributed by atoms with Crippen LogP contribution in [0.2, 0.25) is 0 Å². The average molecular weight is 261 g/mol. The van der Waals surface area contributed by atoms with Crippen LogP contribution in [-0.4, -0.2) is 44.5 Å². The number of rotatable bonds is 1. The van der Waals surface area contributed by atoms with Crippen LogP contribution >= 0.6 is 0 Å². The van der Waals surface area contributed by atoms with Gasteiger partial charge in [0.1, 0.15) is 12.1 Å². The van der Waals surface area contributed by atoms with E-state index in [4.69, 9.17) is 4.74 Å². The highest BCUT2D eigenvalue weighted by Gasteiger charge is 2.32. The predicted octanol–water partition coefficient (Wildman–Crippen LogP) is 1.37. The van der Waals surface area contributed by atoms with Gasteiger partial charge < -0.3 is 9.64 Å². The van der Waals surface area contributed by atoms with Crippen molar-refractivity contribution in [3.8, 4) is 0 Å². The van der Waals surface area contributed by atoms with E-state index in [1.807, 2.05) is 13.2 Å². The third kappa shape index (κ3) is 2.16. The largest absolute Gasteiger partial charge is 0.369 e. The molecule has 6 nitrogen and oxygen atoms in total. The van der Waals surface area contributed by atoms with Crippen LogP contribution in [0.4, 0.5) is 5.82 Å². The SMILES string of the molecule is CC1CN(c2ncnc3c2cnn3C)CC(C)(C)O1. The van der Waals surface area contributed by atoms with Gasteiger partial charge in [-0.3, -0.25) is 4.68 Å². The molecule has 1 aliphatic heterocycles. The molecule has 2 aromatic rings. The van der Waals surface area contributed by atoms with Crippen molar-refractivity contribution < 1.29 is 4.74 Å². The van der Waals surface area contributed by atoms with Gasteiger partial charge in [-0.15, -0.1) is 0 Å². The van der Waals surface area contributed by atoms with Gasteiger partial charge in [0.25, 0.3) is 0 Å². The van der Waals surface area contributed by atoms with E-state index >= 15 is 0 Å². The lowest BCUT2D eigenvalue weighted by atomic mass is 10.1. The van der Waals surface area contributed by atoms with Crippen LogP contribution in [0.15, 0.2) is 12.5 Å². The Kier molecular flexibility index (Phi) is 2.70. The first-order valence-corrected chi connectivity index (χ1v) is 6.52. The highest BCUT2D eigenvalue weighted by atomic mass is 16.5. The summed E-state index contributed by atoms with van der Waals surface area (Å²) in [4.78, 5) is 11.0. The molecule has 1 saturated heterocycles. The molecule has 1 unspecified atom stereocenters. The van der Waals surface area contributed by atoms with Crippen LogP contribution in [0, 0.1) is 0 Å². The van der Waals surface area contributed by atoms with Gasteiger partial charge in [-0.2, -0.15) is 5.10 Å². The summed E-state index contributed by atoms with van der Waals surface area (Å²) in [7, 11) is 1.89. The Bertz CT molecular complexity index is 606. The fourth-order valence-corrected chi connectivity index (χ4v) is 2.82. The molecule has 0 aliphatic carbocycles. The van der Waals surface area contributed by atoms with Crippen LogP contribution in [-0.2, 0) is 11.8 Å². The third-order valence-corrected chi connectivity index (χ3v) is 3.38. The maximum atomic E-state index is 5.94. The summed E-state index contributed by atoms with van der Waals surface area (Å²) in [5.74, 6) is 0.946. The molecule has 1 fully saturated rings. The molecule has 102 valence electrons. The molecule has 3 rings (SSSR count). The number of fused-ring (bicyclic) bond motifs is 1. The molecule has 19 heavy (non-hydrogen) atoms. The van der Waals surface area contributed by atoms with Gasteiger partial charge >= 0.3 is 0 Å². The minimum absolute atomic E-state index is 0.169. The number of nitrogens with zero attached hydrogens (tertiary/aromatic N) is 5. The van der Waals surface area contributed by atoms with Crippen molar-refractivity contribution in [2.24, 2.45) is 7.05 Å². The summed E-state index contributed by atoms with van der Waals surface area (Å²) in [6.07, 6.45) is 3.62. The lowest BCUT2D eigenvalue weighted by Gasteiger charge is -2.42. The first kappa shape index (κ1) is 12.3. The normalized spacial score (nSPS) is 22.9. The van der Waals surface area contributed by atoms with E-state index in [1.54, 1.807) is 11.0 Å². The molecular formula is C13H19N5O. The van der Waals surface area contributed by atoms with Crippen molar-refractivity contribution in [2.45, 2.75) is 32.5 Å². The first-order chi connectivity index (χ1) is 8.96. The van der Waals surface area contributed by atoms with Gasteiger partial charge in [0.15, 0.2) is 5.65 Å². The summed E-state index contributed by atoms with van der Waals surface area (Å²) in [6.45, 7) is 7.97. The zero-order valence-corrected chi connectivity index (χ0v) is 11.8. The number of aromatic nitrogens is 4. The lowest BCUT2D eigenvalue weighted by Crippen LogP contribution is -2.52. The van der Waals surface area contributed by atoms with Gasteiger partial charge in [-0.05, 0) is 20.8 Å². The Labute approximate surface area is 112 Å². The Balaban J connectivity index is 2.04. The Hall–Kier alpha value is -1.69. The van der Waals surface area contributed by atoms with E-state index in [-0.39, 0.29) is 11.7 Å². The van der Waals surface area contributed by atoms with Crippen molar-refractivity contribution in [2.75, 3.05) is 18.0 Å². The third-order valence-electron chi connectivity index (χ3n) is 3.38. The Morgan fingerprint density at radius 1 is 1.37 bits per heavy atom. The van der Waals surface area contributed by atoms with Gasteiger partial charge in [-0.25, -0.2) is 9.97 Å². The zero-order valence-electron chi connectivity index (χ0n) is 11.8. The minimum atomic E-state index is -0.169. The van der Waals surface area contributed by atoms with Crippen LogP contribution < -0.4 is 4.90 Å². The van der Waals surface area contributed by atoms with Crippen LogP contribution in [0.5, 0.6) is 0 Å². The van der Waals surface area contributed by atoms with E-state index in [9.17, 15) is 0 Å². The first-order valence-electron chi connectivity index (χ1n) is 6.52. The minimum Gasteiger partial charge on any atom is -0.369 e. The molecule has 0 radical (unpaired) electrons. The second-order valence-electron chi connectivity index (χ2n) is 5.77. The summed E-state index contributed by atoms with van der Waals surface area (Å²) in [5.41, 5.74) is 0.693. The molecule has 0 bridgehead atoms. The zero-order chi connectivity index (χ0) is 13.6. The van der Waals surface area contributed by atoms with Crippen LogP contribution in [0.3, 0.4) is 0 Å². The van der Waals surface area contributed by atoms with Crippen molar-refractivity contribution in [1.29, 1.82) is 0 Å². The number of aryl methyl sites for hydroxylation is 1. The summed E-state index contributed by atoms with van der Waals surface area (Å²) in [5, 5.41) is 5.26. The van der Waals surface area contributed by atoms with Crippen molar-refractivity contribution >= 4 is 16.9 Å². The van der Waals surface area contributed by atoms with Crippen molar-refractivity contribution in [1.82, 2.24) is 19.7 Å². The smallest absolute Gasteiger partial charge is 0.163 e. The molecule has 2 aromatic heterocycles. The predicted molar refractivity (Wildman–Crippen MR) is 73.1 cm³/mol. The average Bonchev–Trinajstić information content (AvgIpc) is 2.69. The van der Waals surface area contributed by atoms with Gasteiger partial charge in [-0.1, -0.05) is 0 Å². The summed E-state index contributed by atoms with van der Waals surface area (Å²) >= 11 is 0. The van der Waals surface area contributed by atoms with E-state index < -0.39 is 0 Å². The second kappa shape index (κ2) is 4.16. The molecular weight excluding hydrogens is 242 g/mol. The van der Waals surface area contributed by atoms with Gasteiger partial charge in [0, 0.05) is 20.1 Å². The van der Waals surface area contributed by atoms with Crippen LogP contribution in [0.1, 0.15) is 20.8 Å². The molecule has 3 heterocycles. The molecule has 0 N–H and O–H groups in total. The van der Waals surface area contributed by atoms with Crippen molar-refractivity contribution in [3.05, 3.63) is 12.5 Å². The maximum Gasteiger partial charge on any atom is 0.163 e. The lowest BCUT2D eigenvalue weighted by molar-refractivity contribution is -0.0751. The van der Waals surface area contributed by atoms with Gasteiger partial charge in [0.05, 0.1) is 23.3 Å². The molecule has 1 aliphatic rings. The summed E-state index contributed by atoms with van der Waals surface area (Å²) < 4.78 is 7.71. The number of hydrogen-bond acceptors (Lipinski definition) is 5. The standard InChI is InChI=1S/C13H19N5O/c1-9-6-18(7-13(2,3)19-9)12-10-5-16-17(4)11(10)14-8-15-12/h5,8-9H,6-7H2,1-4H3. The van der Waals surface area contributed by atoms with Gasteiger partial charge in [0.2, 0.25) is 0 Å². The molecule has 6 heteroatoms. The highest BCUT2D eigenvalue weighted by Crippen LogP contribution is 2.28. The molecule has 0 aromatic carbocycles. The fourth-order valence-electron chi connectivity index (χ4n) is 2.82. The van der Waals surface area contributed by atoms with Crippen molar-refractivity contribution in [3.63, 3.8) is 0 Å². The Morgan fingerprint density at radius 3 is 2.89 bits per heavy atom. The van der Waals surface area contributed by atoms with E-state index in [0.29, 0.717) is 0 Å².